The molecule has 36 heavy (non-hydrogen) atoms. The summed E-state index contributed by atoms with van der Waals surface area (Å²) in [5.41, 5.74) is 1.34. The van der Waals surface area contributed by atoms with Crippen LogP contribution in [0.4, 0.5) is 32.2 Å². The van der Waals surface area contributed by atoms with Gasteiger partial charge in [0.05, 0.1) is 6.54 Å². The molecule has 1 aliphatic carbocycles. The fourth-order valence-electron chi connectivity index (χ4n) is 3.20. The number of fused-ring (bicyclic) bond motifs is 1. The highest BCUT2D eigenvalue weighted by molar-refractivity contribution is 5.73. The van der Waals surface area contributed by atoms with E-state index in [4.69, 9.17) is 19.8 Å². The van der Waals surface area contributed by atoms with Crippen LogP contribution >= 0.6 is 0 Å². The van der Waals surface area contributed by atoms with E-state index < -0.39 is 24.3 Å². The molecule has 1 aliphatic heterocycles. The molecule has 2 aliphatic rings. The summed E-state index contributed by atoms with van der Waals surface area (Å²) in [6.45, 7) is 5.15. The number of hydrogen-bond acceptors (Lipinski definition) is 6. The van der Waals surface area contributed by atoms with Crippen molar-refractivity contribution < 1.29 is 46.1 Å². The molecular formula is C21H25F6N5O4. The standard InChI is InChI=1S/C17H23N5.2C2HF3O2/c1-20-8-7-18-16(20)13-21-9-10-22(11-14-4-5-14)17-15(12-21)3-2-6-19-17;2*3-2(4,5)1(6)7/h2-3,6-8,14H,4-5,9-13H2,1H3;2*(H,6,7). The number of carboxylic acids is 2. The molecule has 0 amide bonds. The number of rotatable bonds is 4. The quantitative estimate of drug-likeness (QED) is 0.585. The minimum absolute atomic E-state index is 0.885. The average molecular weight is 525 g/mol. The Morgan fingerprint density at radius 1 is 1.00 bits per heavy atom. The van der Waals surface area contributed by atoms with E-state index in [1.54, 1.807) is 0 Å². The van der Waals surface area contributed by atoms with Crippen molar-refractivity contribution in [3.8, 4) is 0 Å². The van der Waals surface area contributed by atoms with Gasteiger partial charge in [0.25, 0.3) is 0 Å². The molecule has 2 N–H and O–H groups in total. The number of anilines is 1. The zero-order valence-corrected chi connectivity index (χ0v) is 19.1. The van der Waals surface area contributed by atoms with Crippen molar-refractivity contribution in [2.45, 2.75) is 38.3 Å². The smallest absolute Gasteiger partial charge is 0.475 e. The lowest BCUT2D eigenvalue weighted by molar-refractivity contribution is -0.193. The third-order valence-corrected chi connectivity index (χ3v) is 5.19. The first-order valence-electron chi connectivity index (χ1n) is 10.7. The van der Waals surface area contributed by atoms with Gasteiger partial charge in [-0.15, -0.1) is 0 Å². The highest BCUT2D eigenvalue weighted by Gasteiger charge is 2.38. The molecule has 4 rings (SSSR count). The van der Waals surface area contributed by atoms with Gasteiger partial charge in [-0.05, 0) is 24.8 Å². The zero-order chi connectivity index (χ0) is 27.1. The van der Waals surface area contributed by atoms with Crippen LogP contribution in [0.2, 0.25) is 0 Å². The van der Waals surface area contributed by atoms with E-state index in [1.807, 2.05) is 18.6 Å². The number of aryl methyl sites for hydroxylation is 1. The Kier molecular flexibility index (Phi) is 9.67. The largest absolute Gasteiger partial charge is 0.490 e. The molecule has 1 saturated carbocycles. The predicted octanol–water partition coefficient (Wildman–Crippen LogP) is 3.31. The fraction of sp³-hybridized carbons (Fsp3) is 0.524. The van der Waals surface area contributed by atoms with Crippen molar-refractivity contribution in [1.29, 1.82) is 0 Å². The molecule has 3 heterocycles. The minimum atomic E-state index is -5.08. The Hall–Kier alpha value is -3.36. The van der Waals surface area contributed by atoms with E-state index in [0.717, 1.165) is 37.9 Å². The maximum atomic E-state index is 10.6. The first-order chi connectivity index (χ1) is 16.7. The van der Waals surface area contributed by atoms with Crippen LogP contribution in [-0.2, 0) is 29.7 Å². The predicted molar refractivity (Wildman–Crippen MR) is 114 cm³/mol. The Morgan fingerprint density at radius 3 is 2.06 bits per heavy atom. The third kappa shape index (κ3) is 9.36. The number of halogens is 6. The Labute approximate surface area is 202 Å². The number of alkyl halides is 6. The van der Waals surface area contributed by atoms with Gasteiger partial charge < -0.3 is 19.7 Å². The number of aliphatic carboxylic acids is 2. The lowest BCUT2D eigenvalue weighted by atomic mass is 10.2. The van der Waals surface area contributed by atoms with Gasteiger partial charge in [0, 0.05) is 57.4 Å². The summed E-state index contributed by atoms with van der Waals surface area (Å²) < 4.78 is 65.6. The van der Waals surface area contributed by atoms with E-state index in [-0.39, 0.29) is 0 Å². The second-order valence-electron chi connectivity index (χ2n) is 8.15. The summed E-state index contributed by atoms with van der Waals surface area (Å²) in [6, 6.07) is 4.28. The van der Waals surface area contributed by atoms with Crippen molar-refractivity contribution in [3.63, 3.8) is 0 Å². The van der Waals surface area contributed by atoms with Gasteiger partial charge in [0.15, 0.2) is 0 Å². The Balaban J connectivity index is 0.000000271. The van der Waals surface area contributed by atoms with Gasteiger partial charge in [0.2, 0.25) is 0 Å². The van der Waals surface area contributed by atoms with Crippen LogP contribution in [0.3, 0.4) is 0 Å². The molecule has 0 unspecified atom stereocenters. The summed E-state index contributed by atoms with van der Waals surface area (Å²) in [7, 11) is 2.06. The zero-order valence-electron chi connectivity index (χ0n) is 19.1. The third-order valence-electron chi connectivity index (χ3n) is 5.19. The molecular weight excluding hydrogens is 500 g/mol. The normalized spacial score (nSPS) is 16.0. The highest BCUT2D eigenvalue weighted by atomic mass is 19.4. The van der Waals surface area contributed by atoms with Crippen molar-refractivity contribution in [3.05, 3.63) is 42.1 Å². The maximum Gasteiger partial charge on any atom is 0.490 e. The molecule has 0 aromatic carbocycles. The van der Waals surface area contributed by atoms with Crippen LogP contribution in [0.1, 0.15) is 24.2 Å². The number of carbonyl (C=O) groups is 2. The number of aromatic nitrogens is 3. The molecule has 0 bridgehead atoms. The second kappa shape index (κ2) is 12.1. The average Bonchev–Trinajstić information content (AvgIpc) is 3.53. The van der Waals surface area contributed by atoms with Crippen LogP contribution in [0.15, 0.2) is 30.7 Å². The van der Waals surface area contributed by atoms with E-state index in [0.29, 0.717) is 0 Å². The summed E-state index contributed by atoms with van der Waals surface area (Å²) >= 11 is 0. The first-order valence-corrected chi connectivity index (χ1v) is 10.7. The van der Waals surface area contributed by atoms with Crippen LogP contribution in [-0.4, -0.2) is 73.6 Å². The summed E-state index contributed by atoms with van der Waals surface area (Å²) in [4.78, 5) is 31.9. The lowest BCUT2D eigenvalue weighted by Crippen LogP contribution is -2.33. The van der Waals surface area contributed by atoms with Gasteiger partial charge in [-0.2, -0.15) is 26.3 Å². The first kappa shape index (κ1) is 28.9. The van der Waals surface area contributed by atoms with Gasteiger partial charge in [0.1, 0.15) is 11.6 Å². The molecule has 0 saturated heterocycles. The SMILES string of the molecule is Cn1ccnc1CN1CCN(CC2CC2)c2ncccc2C1.O=C(O)C(F)(F)F.O=C(O)C(F)(F)F. The number of hydrogen-bond donors (Lipinski definition) is 2. The number of imidazole rings is 1. The van der Waals surface area contributed by atoms with Crippen molar-refractivity contribution in [2.24, 2.45) is 13.0 Å². The molecule has 0 radical (unpaired) electrons. The van der Waals surface area contributed by atoms with E-state index in [2.05, 4.69) is 43.5 Å². The topological polar surface area (TPSA) is 112 Å². The summed E-state index contributed by atoms with van der Waals surface area (Å²) in [6.07, 6.45) is -1.58. The Bertz CT molecular complexity index is 999. The maximum absolute atomic E-state index is 10.6. The molecule has 2 aromatic heterocycles. The number of carboxylic acid groups (broad SMARTS) is 2. The molecule has 200 valence electrons. The van der Waals surface area contributed by atoms with Crippen LogP contribution < -0.4 is 4.90 Å². The lowest BCUT2D eigenvalue weighted by Gasteiger charge is -2.23. The minimum Gasteiger partial charge on any atom is -0.475 e. The van der Waals surface area contributed by atoms with Crippen LogP contribution in [0, 0.1) is 5.92 Å². The monoisotopic (exact) mass is 525 g/mol. The van der Waals surface area contributed by atoms with Gasteiger partial charge in [-0.3, -0.25) is 4.90 Å². The molecule has 15 heteroatoms. The van der Waals surface area contributed by atoms with E-state index in [1.165, 1.54) is 30.8 Å². The fourth-order valence-corrected chi connectivity index (χ4v) is 3.20. The summed E-state index contributed by atoms with van der Waals surface area (Å²) in [5, 5.41) is 14.2. The summed E-state index contributed by atoms with van der Waals surface area (Å²) in [5.74, 6) is -2.31. The second-order valence-corrected chi connectivity index (χ2v) is 8.15. The van der Waals surface area contributed by atoms with Gasteiger partial charge >= 0.3 is 24.3 Å². The van der Waals surface area contributed by atoms with E-state index in [9.17, 15) is 26.3 Å². The molecule has 1 fully saturated rings. The van der Waals surface area contributed by atoms with Crippen LogP contribution in [0.5, 0.6) is 0 Å². The van der Waals surface area contributed by atoms with Crippen LogP contribution in [0.25, 0.3) is 0 Å². The number of nitrogens with zero attached hydrogens (tertiary/aromatic N) is 5. The van der Waals surface area contributed by atoms with E-state index >= 15 is 0 Å². The van der Waals surface area contributed by atoms with Gasteiger partial charge in [-0.25, -0.2) is 19.6 Å². The Morgan fingerprint density at radius 2 is 1.58 bits per heavy atom. The van der Waals surface area contributed by atoms with Gasteiger partial charge in [-0.1, -0.05) is 6.07 Å². The van der Waals surface area contributed by atoms with Crippen molar-refractivity contribution >= 4 is 17.8 Å². The molecule has 2 aromatic rings. The highest BCUT2D eigenvalue weighted by Crippen LogP contribution is 2.33. The van der Waals surface area contributed by atoms with Crippen molar-refractivity contribution in [2.75, 3.05) is 24.5 Å². The van der Waals surface area contributed by atoms with Crippen molar-refractivity contribution in [1.82, 2.24) is 19.4 Å². The molecule has 0 spiro atoms. The number of pyridine rings is 1. The molecule has 0 atom stereocenters. The molecule has 9 nitrogen and oxygen atoms in total.